The minimum atomic E-state index is -0.0659. The SMILES string of the molecule is CNc1ccccc1C(=O)NCc1ccn(C)c1. The number of para-hydroxylation sites is 1. The summed E-state index contributed by atoms with van der Waals surface area (Å²) < 4.78 is 1.96. The summed E-state index contributed by atoms with van der Waals surface area (Å²) in [4.78, 5) is 12.0. The maximum absolute atomic E-state index is 12.0. The van der Waals surface area contributed by atoms with Crippen LogP contribution in [0.1, 0.15) is 15.9 Å². The number of aryl methyl sites for hydroxylation is 1. The smallest absolute Gasteiger partial charge is 0.253 e. The van der Waals surface area contributed by atoms with Crippen molar-refractivity contribution in [2.24, 2.45) is 7.05 Å². The van der Waals surface area contributed by atoms with E-state index in [1.165, 1.54) is 0 Å². The highest BCUT2D eigenvalue weighted by molar-refractivity contribution is 5.99. The summed E-state index contributed by atoms with van der Waals surface area (Å²) in [7, 11) is 3.77. The van der Waals surface area contributed by atoms with Crippen LogP contribution in [0.3, 0.4) is 0 Å². The third-order valence-electron chi connectivity index (χ3n) is 2.79. The van der Waals surface area contributed by atoms with Crippen molar-refractivity contribution in [1.29, 1.82) is 0 Å². The van der Waals surface area contributed by atoms with Crippen molar-refractivity contribution in [2.45, 2.75) is 6.54 Å². The minimum Gasteiger partial charge on any atom is -0.387 e. The van der Waals surface area contributed by atoms with Crippen LogP contribution in [0, 0.1) is 0 Å². The number of hydrogen-bond acceptors (Lipinski definition) is 2. The summed E-state index contributed by atoms with van der Waals surface area (Å²) in [5.74, 6) is -0.0659. The predicted molar refractivity (Wildman–Crippen MR) is 72.6 cm³/mol. The summed E-state index contributed by atoms with van der Waals surface area (Å²) in [6.45, 7) is 0.539. The highest BCUT2D eigenvalue weighted by Gasteiger charge is 2.09. The lowest BCUT2D eigenvalue weighted by atomic mass is 10.1. The second-order valence-electron chi connectivity index (χ2n) is 4.16. The number of nitrogens with zero attached hydrogens (tertiary/aromatic N) is 1. The van der Waals surface area contributed by atoms with Crippen LogP contribution in [0.2, 0.25) is 0 Å². The van der Waals surface area contributed by atoms with Gasteiger partial charge in [-0.1, -0.05) is 12.1 Å². The molecule has 1 aromatic heterocycles. The Morgan fingerprint density at radius 1 is 1.28 bits per heavy atom. The predicted octanol–water partition coefficient (Wildman–Crippen LogP) is 2.00. The van der Waals surface area contributed by atoms with E-state index in [-0.39, 0.29) is 5.91 Å². The lowest BCUT2D eigenvalue weighted by Crippen LogP contribution is -2.23. The fraction of sp³-hybridized carbons (Fsp3) is 0.214. The van der Waals surface area contributed by atoms with E-state index >= 15 is 0 Å². The van der Waals surface area contributed by atoms with E-state index in [4.69, 9.17) is 0 Å². The molecule has 0 saturated heterocycles. The minimum absolute atomic E-state index is 0.0659. The molecule has 0 atom stereocenters. The fourth-order valence-corrected chi connectivity index (χ4v) is 1.84. The fourth-order valence-electron chi connectivity index (χ4n) is 1.84. The van der Waals surface area contributed by atoms with Gasteiger partial charge in [0.05, 0.1) is 5.56 Å². The quantitative estimate of drug-likeness (QED) is 0.862. The van der Waals surface area contributed by atoms with Gasteiger partial charge >= 0.3 is 0 Å². The number of hydrogen-bond donors (Lipinski definition) is 2. The van der Waals surface area contributed by atoms with Crippen LogP contribution in [-0.4, -0.2) is 17.5 Å². The molecule has 0 saturated carbocycles. The number of amides is 1. The Hall–Kier alpha value is -2.23. The van der Waals surface area contributed by atoms with Crippen LogP contribution >= 0.6 is 0 Å². The van der Waals surface area contributed by atoms with Crippen molar-refractivity contribution in [1.82, 2.24) is 9.88 Å². The Morgan fingerprint density at radius 3 is 2.72 bits per heavy atom. The zero-order chi connectivity index (χ0) is 13.0. The van der Waals surface area contributed by atoms with Crippen molar-refractivity contribution in [3.8, 4) is 0 Å². The Labute approximate surface area is 107 Å². The number of aromatic nitrogens is 1. The third kappa shape index (κ3) is 2.71. The van der Waals surface area contributed by atoms with Crippen molar-refractivity contribution < 1.29 is 4.79 Å². The molecule has 2 aromatic rings. The molecule has 1 amide bonds. The third-order valence-corrected chi connectivity index (χ3v) is 2.79. The van der Waals surface area contributed by atoms with E-state index in [1.807, 2.05) is 61.4 Å². The first-order valence-corrected chi connectivity index (χ1v) is 5.86. The molecular weight excluding hydrogens is 226 g/mol. The summed E-state index contributed by atoms with van der Waals surface area (Å²) in [5, 5.41) is 5.92. The van der Waals surface area contributed by atoms with Gasteiger partial charge in [-0.2, -0.15) is 0 Å². The van der Waals surface area contributed by atoms with Crippen LogP contribution in [0.15, 0.2) is 42.7 Å². The number of carbonyl (C=O) groups is 1. The molecule has 0 radical (unpaired) electrons. The van der Waals surface area contributed by atoms with E-state index in [1.54, 1.807) is 0 Å². The van der Waals surface area contributed by atoms with Gasteiger partial charge in [0.2, 0.25) is 0 Å². The summed E-state index contributed by atoms with van der Waals surface area (Å²) in [5.41, 5.74) is 2.59. The molecule has 0 aliphatic rings. The van der Waals surface area contributed by atoms with Gasteiger partial charge in [-0.15, -0.1) is 0 Å². The van der Waals surface area contributed by atoms with E-state index in [2.05, 4.69) is 10.6 Å². The van der Waals surface area contributed by atoms with E-state index < -0.39 is 0 Å². The lowest BCUT2D eigenvalue weighted by molar-refractivity contribution is 0.0951. The number of anilines is 1. The molecule has 0 spiro atoms. The first kappa shape index (κ1) is 12.2. The maximum atomic E-state index is 12.0. The Bertz CT molecular complexity index is 545. The van der Waals surface area contributed by atoms with E-state index in [9.17, 15) is 4.79 Å². The van der Waals surface area contributed by atoms with Gasteiger partial charge in [0.25, 0.3) is 5.91 Å². The van der Waals surface area contributed by atoms with Gasteiger partial charge < -0.3 is 15.2 Å². The zero-order valence-electron chi connectivity index (χ0n) is 10.6. The molecule has 1 aromatic carbocycles. The van der Waals surface area contributed by atoms with Crippen LogP contribution in [0.4, 0.5) is 5.69 Å². The summed E-state index contributed by atoms with van der Waals surface area (Å²) in [6.07, 6.45) is 3.95. The highest BCUT2D eigenvalue weighted by atomic mass is 16.1. The standard InChI is InChI=1S/C14H17N3O/c1-15-13-6-4-3-5-12(13)14(18)16-9-11-7-8-17(2)10-11/h3-8,10,15H,9H2,1-2H3,(H,16,18). The summed E-state index contributed by atoms with van der Waals surface area (Å²) >= 11 is 0. The molecular formula is C14H17N3O. The normalized spacial score (nSPS) is 10.1. The number of carbonyl (C=O) groups excluding carboxylic acids is 1. The highest BCUT2D eigenvalue weighted by Crippen LogP contribution is 2.13. The van der Waals surface area contributed by atoms with Gasteiger partial charge in [0, 0.05) is 38.7 Å². The Kier molecular flexibility index (Phi) is 3.67. The van der Waals surface area contributed by atoms with E-state index in [0.29, 0.717) is 12.1 Å². The molecule has 0 fully saturated rings. The van der Waals surface area contributed by atoms with Gasteiger partial charge in [-0.3, -0.25) is 4.79 Å². The topological polar surface area (TPSA) is 46.1 Å². The molecule has 1 heterocycles. The molecule has 94 valence electrons. The van der Waals surface area contributed by atoms with Gasteiger partial charge in [-0.05, 0) is 23.8 Å². The van der Waals surface area contributed by atoms with Crippen molar-refractivity contribution in [2.75, 3.05) is 12.4 Å². The Morgan fingerprint density at radius 2 is 2.06 bits per heavy atom. The first-order chi connectivity index (χ1) is 8.70. The molecule has 0 bridgehead atoms. The van der Waals surface area contributed by atoms with Crippen molar-refractivity contribution in [3.63, 3.8) is 0 Å². The number of nitrogens with one attached hydrogen (secondary N) is 2. The molecule has 0 unspecified atom stereocenters. The lowest BCUT2D eigenvalue weighted by Gasteiger charge is -2.08. The van der Waals surface area contributed by atoms with E-state index in [0.717, 1.165) is 11.3 Å². The monoisotopic (exact) mass is 243 g/mol. The van der Waals surface area contributed by atoms with Crippen molar-refractivity contribution >= 4 is 11.6 Å². The average molecular weight is 243 g/mol. The molecule has 4 nitrogen and oxygen atoms in total. The number of rotatable bonds is 4. The maximum Gasteiger partial charge on any atom is 0.253 e. The second-order valence-corrected chi connectivity index (χ2v) is 4.16. The number of benzene rings is 1. The van der Waals surface area contributed by atoms with Gasteiger partial charge in [-0.25, -0.2) is 0 Å². The molecule has 18 heavy (non-hydrogen) atoms. The summed E-state index contributed by atoms with van der Waals surface area (Å²) in [6, 6.07) is 9.45. The van der Waals surface area contributed by atoms with Gasteiger partial charge in [0.15, 0.2) is 0 Å². The average Bonchev–Trinajstić information content (AvgIpc) is 2.81. The van der Waals surface area contributed by atoms with Crippen LogP contribution in [0.5, 0.6) is 0 Å². The molecule has 2 N–H and O–H groups in total. The van der Waals surface area contributed by atoms with Gasteiger partial charge in [0.1, 0.15) is 0 Å². The first-order valence-electron chi connectivity index (χ1n) is 5.86. The Balaban J connectivity index is 2.03. The molecule has 0 aliphatic carbocycles. The largest absolute Gasteiger partial charge is 0.387 e. The molecule has 0 aliphatic heterocycles. The molecule has 2 rings (SSSR count). The van der Waals surface area contributed by atoms with Crippen LogP contribution in [-0.2, 0) is 13.6 Å². The van der Waals surface area contributed by atoms with Crippen LogP contribution < -0.4 is 10.6 Å². The van der Waals surface area contributed by atoms with Crippen molar-refractivity contribution in [3.05, 3.63) is 53.9 Å². The van der Waals surface area contributed by atoms with Crippen LogP contribution in [0.25, 0.3) is 0 Å². The zero-order valence-corrected chi connectivity index (χ0v) is 10.6. The molecule has 4 heteroatoms. The second kappa shape index (κ2) is 5.40.